The number of carbonyl (C=O) groups excluding carboxylic acids is 1. The van der Waals surface area contributed by atoms with Gasteiger partial charge in [0, 0.05) is 17.6 Å². The highest BCUT2D eigenvalue weighted by Crippen LogP contribution is 2.20. The molecule has 0 saturated heterocycles. The molecule has 0 saturated carbocycles. The third-order valence-corrected chi connectivity index (χ3v) is 3.76. The van der Waals surface area contributed by atoms with Crippen LogP contribution in [0.25, 0.3) is 0 Å². The monoisotopic (exact) mass is 323 g/mol. The van der Waals surface area contributed by atoms with Crippen molar-refractivity contribution >= 4 is 28.1 Å². The van der Waals surface area contributed by atoms with Crippen molar-refractivity contribution in [3.8, 4) is 0 Å². The van der Waals surface area contributed by atoms with Crippen molar-refractivity contribution in [3.63, 3.8) is 0 Å². The SMILES string of the molecule is Cc1ccc(NC(=O)Nc2cnn(C[C@@H](O)CN(C)C)c2)s1. The molecule has 8 heteroatoms. The highest BCUT2D eigenvalue weighted by molar-refractivity contribution is 7.16. The first-order valence-electron chi connectivity index (χ1n) is 6.92. The lowest BCUT2D eigenvalue weighted by atomic mass is 10.3. The lowest BCUT2D eigenvalue weighted by Gasteiger charge is -2.15. The molecule has 2 aromatic heterocycles. The van der Waals surface area contributed by atoms with Gasteiger partial charge < -0.3 is 15.3 Å². The summed E-state index contributed by atoms with van der Waals surface area (Å²) >= 11 is 1.52. The Labute approximate surface area is 133 Å². The molecule has 1 atom stereocenters. The van der Waals surface area contributed by atoms with Gasteiger partial charge in [0.2, 0.25) is 0 Å². The third kappa shape index (κ3) is 5.14. The van der Waals surface area contributed by atoms with Crippen LogP contribution in [0.15, 0.2) is 24.5 Å². The van der Waals surface area contributed by atoms with Crippen molar-refractivity contribution in [2.45, 2.75) is 19.6 Å². The number of urea groups is 1. The fourth-order valence-electron chi connectivity index (χ4n) is 2.00. The lowest BCUT2D eigenvalue weighted by Crippen LogP contribution is -2.29. The number of likely N-dealkylation sites (N-methyl/N-ethyl adjacent to an activating group) is 1. The van der Waals surface area contributed by atoms with Crippen LogP contribution in [-0.2, 0) is 6.54 Å². The molecule has 0 bridgehead atoms. The number of hydrogen-bond acceptors (Lipinski definition) is 5. The number of nitrogens with zero attached hydrogens (tertiary/aromatic N) is 3. The maximum atomic E-state index is 11.9. The number of anilines is 2. The Bertz CT molecular complexity index is 622. The molecule has 0 aliphatic carbocycles. The standard InChI is InChI=1S/C14H21N5O2S/c1-10-4-5-13(22-10)17-14(21)16-11-6-15-19(7-11)9-12(20)8-18(2)3/h4-7,12,20H,8-9H2,1-3H3,(H2,16,17,21)/t12-/m0/s1. The molecule has 0 aliphatic rings. The number of nitrogens with one attached hydrogen (secondary N) is 2. The van der Waals surface area contributed by atoms with E-state index in [1.54, 1.807) is 17.1 Å². The number of amides is 2. The molecule has 7 nitrogen and oxygen atoms in total. The summed E-state index contributed by atoms with van der Waals surface area (Å²) < 4.78 is 1.61. The molecule has 0 unspecified atom stereocenters. The summed E-state index contributed by atoms with van der Waals surface area (Å²) in [6.07, 6.45) is 2.74. The number of hydrogen-bond donors (Lipinski definition) is 3. The summed E-state index contributed by atoms with van der Waals surface area (Å²) in [5.74, 6) is 0. The van der Waals surface area contributed by atoms with E-state index >= 15 is 0 Å². The second kappa shape index (κ2) is 7.39. The summed E-state index contributed by atoms with van der Waals surface area (Å²) in [5, 5.41) is 20.3. The highest BCUT2D eigenvalue weighted by atomic mass is 32.1. The van der Waals surface area contributed by atoms with Gasteiger partial charge in [-0.05, 0) is 33.2 Å². The predicted molar refractivity (Wildman–Crippen MR) is 88.5 cm³/mol. The van der Waals surface area contributed by atoms with Gasteiger partial charge in [0.25, 0.3) is 0 Å². The Morgan fingerprint density at radius 1 is 1.45 bits per heavy atom. The van der Waals surface area contributed by atoms with E-state index in [2.05, 4.69) is 15.7 Å². The number of thiophene rings is 1. The summed E-state index contributed by atoms with van der Waals surface area (Å²) in [6.45, 7) is 2.92. The molecule has 0 fully saturated rings. The van der Waals surface area contributed by atoms with Gasteiger partial charge in [0.1, 0.15) is 0 Å². The zero-order valence-electron chi connectivity index (χ0n) is 12.9. The van der Waals surface area contributed by atoms with E-state index in [1.807, 2.05) is 38.1 Å². The van der Waals surface area contributed by atoms with Gasteiger partial charge >= 0.3 is 6.03 Å². The van der Waals surface area contributed by atoms with E-state index in [-0.39, 0.29) is 6.03 Å². The molecular weight excluding hydrogens is 302 g/mol. The quantitative estimate of drug-likeness (QED) is 0.757. The minimum atomic E-state index is -0.509. The van der Waals surface area contributed by atoms with Crippen molar-refractivity contribution < 1.29 is 9.90 Å². The first kappa shape index (κ1) is 16.5. The van der Waals surface area contributed by atoms with E-state index < -0.39 is 6.10 Å². The van der Waals surface area contributed by atoms with Gasteiger partial charge in [-0.3, -0.25) is 10.00 Å². The molecule has 22 heavy (non-hydrogen) atoms. The van der Waals surface area contributed by atoms with Crippen LogP contribution in [-0.4, -0.2) is 52.6 Å². The number of aromatic nitrogens is 2. The van der Waals surface area contributed by atoms with Gasteiger partial charge in [-0.15, -0.1) is 11.3 Å². The summed E-state index contributed by atoms with van der Waals surface area (Å²) in [7, 11) is 3.80. The van der Waals surface area contributed by atoms with Crippen LogP contribution < -0.4 is 10.6 Å². The highest BCUT2D eigenvalue weighted by Gasteiger charge is 2.09. The summed E-state index contributed by atoms with van der Waals surface area (Å²) in [6, 6.07) is 3.50. The first-order chi connectivity index (χ1) is 10.4. The van der Waals surface area contributed by atoms with E-state index in [4.69, 9.17) is 0 Å². The van der Waals surface area contributed by atoms with Gasteiger partial charge in [0.15, 0.2) is 0 Å². The topological polar surface area (TPSA) is 82.4 Å². The Morgan fingerprint density at radius 3 is 2.86 bits per heavy atom. The normalized spacial score (nSPS) is 12.4. The number of carbonyl (C=O) groups is 1. The molecule has 3 N–H and O–H groups in total. The largest absolute Gasteiger partial charge is 0.390 e. The zero-order valence-corrected chi connectivity index (χ0v) is 13.7. The van der Waals surface area contributed by atoms with Crippen LogP contribution in [0.2, 0.25) is 0 Å². The predicted octanol–water partition coefficient (Wildman–Crippen LogP) is 1.82. The summed E-state index contributed by atoms with van der Waals surface area (Å²) in [5.41, 5.74) is 0.586. The van der Waals surface area contributed by atoms with E-state index in [0.717, 1.165) is 9.88 Å². The van der Waals surface area contributed by atoms with Gasteiger partial charge in [-0.25, -0.2) is 4.79 Å². The van der Waals surface area contributed by atoms with Crippen LogP contribution in [0.3, 0.4) is 0 Å². The van der Waals surface area contributed by atoms with Gasteiger partial charge in [-0.2, -0.15) is 5.10 Å². The average molecular weight is 323 g/mol. The maximum Gasteiger partial charge on any atom is 0.324 e. The summed E-state index contributed by atoms with van der Waals surface area (Å²) in [4.78, 5) is 14.9. The van der Waals surface area contributed by atoms with Crippen LogP contribution in [0.4, 0.5) is 15.5 Å². The second-order valence-electron chi connectivity index (χ2n) is 5.36. The maximum absolute atomic E-state index is 11.9. The van der Waals surface area contributed by atoms with E-state index in [1.165, 1.54) is 11.3 Å². The zero-order chi connectivity index (χ0) is 16.1. The van der Waals surface area contributed by atoms with Gasteiger partial charge in [0.05, 0.1) is 29.5 Å². The minimum absolute atomic E-state index is 0.310. The lowest BCUT2D eigenvalue weighted by molar-refractivity contribution is 0.116. The van der Waals surface area contributed by atoms with Crippen molar-refractivity contribution in [2.24, 2.45) is 0 Å². The van der Waals surface area contributed by atoms with Crippen molar-refractivity contribution in [1.29, 1.82) is 0 Å². The van der Waals surface area contributed by atoms with Crippen LogP contribution >= 0.6 is 11.3 Å². The number of aliphatic hydroxyl groups excluding tert-OH is 1. The molecule has 2 rings (SSSR count). The van der Waals surface area contributed by atoms with Crippen molar-refractivity contribution in [2.75, 3.05) is 31.3 Å². The Balaban J connectivity index is 1.84. The van der Waals surface area contributed by atoms with E-state index in [9.17, 15) is 9.90 Å². The van der Waals surface area contributed by atoms with Crippen molar-refractivity contribution in [1.82, 2.24) is 14.7 Å². The van der Waals surface area contributed by atoms with Crippen molar-refractivity contribution in [3.05, 3.63) is 29.4 Å². The fraction of sp³-hybridized carbons (Fsp3) is 0.429. The molecule has 0 aliphatic heterocycles. The molecular formula is C14H21N5O2S. The molecule has 0 aromatic carbocycles. The fourth-order valence-corrected chi connectivity index (χ4v) is 2.76. The molecule has 2 amide bonds. The number of rotatable bonds is 6. The Morgan fingerprint density at radius 2 is 2.23 bits per heavy atom. The number of aliphatic hydroxyl groups is 1. The molecule has 2 heterocycles. The number of aryl methyl sites for hydroxylation is 1. The smallest absolute Gasteiger partial charge is 0.324 e. The Hall–Kier alpha value is -1.90. The average Bonchev–Trinajstić information content (AvgIpc) is 2.98. The third-order valence-electron chi connectivity index (χ3n) is 2.84. The van der Waals surface area contributed by atoms with Crippen LogP contribution in [0, 0.1) is 6.92 Å². The first-order valence-corrected chi connectivity index (χ1v) is 7.73. The molecule has 120 valence electrons. The molecule has 0 radical (unpaired) electrons. The van der Waals surface area contributed by atoms with E-state index in [0.29, 0.717) is 18.8 Å². The second-order valence-corrected chi connectivity index (χ2v) is 6.64. The van der Waals surface area contributed by atoms with Crippen LogP contribution in [0.5, 0.6) is 0 Å². The molecule has 2 aromatic rings. The van der Waals surface area contributed by atoms with Gasteiger partial charge in [-0.1, -0.05) is 0 Å². The Kier molecular flexibility index (Phi) is 5.53. The van der Waals surface area contributed by atoms with Crippen LogP contribution in [0.1, 0.15) is 4.88 Å². The molecule has 0 spiro atoms. The minimum Gasteiger partial charge on any atom is -0.390 e.